The molecule has 0 unspecified atom stereocenters. The van der Waals surface area contributed by atoms with Gasteiger partial charge in [0.05, 0.1) is 18.4 Å². The van der Waals surface area contributed by atoms with Crippen LogP contribution in [0.5, 0.6) is 0 Å². The summed E-state index contributed by atoms with van der Waals surface area (Å²) in [5.74, 6) is 0.280. The van der Waals surface area contributed by atoms with Crippen LogP contribution in [0.2, 0.25) is 0 Å². The van der Waals surface area contributed by atoms with Gasteiger partial charge in [0.1, 0.15) is 5.82 Å². The summed E-state index contributed by atoms with van der Waals surface area (Å²) in [7, 11) is 1.38. The molecule has 6 nitrogen and oxygen atoms in total. The number of ether oxygens (including phenoxy) is 1. The number of nitrogen functional groups attached to an aromatic ring is 2. The molecule has 0 saturated carbocycles. The quantitative estimate of drug-likeness (QED) is 0.675. The molecule has 0 bridgehead atoms. The fraction of sp³-hybridized carbons (Fsp3) is 0.190. The van der Waals surface area contributed by atoms with Gasteiger partial charge in [0.2, 0.25) is 5.95 Å². The number of carbonyl (C=O) groups is 1. The zero-order valence-corrected chi connectivity index (χ0v) is 15.4. The molecule has 3 rings (SSSR count). The number of nitrogens with zero attached hydrogens (tertiary/aromatic N) is 2. The molecular weight excluding hydrogens is 340 g/mol. The minimum absolute atomic E-state index is 0.203. The molecule has 1 aromatic heterocycles. The largest absolute Gasteiger partial charge is 0.465 e. The zero-order valence-electron chi connectivity index (χ0n) is 15.4. The van der Waals surface area contributed by atoms with Gasteiger partial charge in [0.25, 0.3) is 0 Å². The molecular formula is C21H22N4O2. The summed E-state index contributed by atoms with van der Waals surface area (Å²) in [4.78, 5) is 20.1. The summed E-state index contributed by atoms with van der Waals surface area (Å²) >= 11 is 0. The van der Waals surface area contributed by atoms with Crippen molar-refractivity contribution < 1.29 is 9.53 Å². The summed E-state index contributed by atoms with van der Waals surface area (Å²) in [6.07, 6.45) is 1.38. The number of methoxy groups -OCH3 is 1. The highest BCUT2D eigenvalue weighted by Crippen LogP contribution is 2.24. The van der Waals surface area contributed by atoms with Gasteiger partial charge < -0.3 is 16.2 Å². The number of aromatic nitrogens is 2. The smallest absolute Gasteiger partial charge is 0.337 e. The first kappa shape index (κ1) is 18.4. The highest BCUT2D eigenvalue weighted by molar-refractivity contribution is 5.90. The molecule has 6 heteroatoms. The lowest BCUT2D eigenvalue weighted by Crippen LogP contribution is -2.09. The Labute approximate surface area is 158 Å². The molecule has 0 aliphatic heterocycles. The van der Waals surface area contributed by atoms with Crippen molar-refractivity contribution in [2.75, 3.05) is 18.6 Å². The van der Waals surface area contributed by atoms with Crippen molar-refractivity contribution in [1.29, 1.82) is 0 Å². The van der Waals surface area contributed by atoms with Gasteiger partial charge in [-0.1, -0.05) is 43.3 Å². The number of hydrogen-bond donors (Lipinski definition) is 2. The van der Waals surface area contributed by atoms with Crippen molar-refractivity contribution in [1.82, 2.24) is 9.97 Å². The summed E-state index contributed by atoms with van der Waals surface area (Å²) in [5, 5.41) is 0. The average molecular weight is 362 g/mol. The first-order valence-corrected chi connectivity index (χ1v) is 8.70. The number of hydrogen-bond acceptors (Lipinski definition) is 6. The molecule has 0 aliphatic rings. The molecule has 2 aromatic carbocycles. The fourth-order valence-corrected chi connectivity index (χ4v) is 3.02. The summed E-state index contributed by atoms with van der Waals surface area (Å²) in [5.41, 5.74) is 17.1. The van der Waals surface area contributed by atoms with Gasteiger partial charge in [-0.25, -0.2) is 9.78 Å². The Morgan fingerprint density at radius 2 is 1.78 bits per heavy atom. The van der Waals surface area contributed by atoms with E-state index in [1.807, 2.05) is 49.4 Å². The van der Waals surface area contributed by atoms with E-state index < -0.39 is 0 Å². The molecule has 0 radical (unpaired) electrons. The first-order chi connectivity index (χ1) is 13.0. The van der Waals surface area contributed by atoms with Crippen molar-refractivity contribution in [3.63, 3.8) is 0 Å². The van der Waals surface area contributed by atoms with Crippen LogP contribution in [0, 0.1) is 0 Å². The van der Waals surface area contributed by atoms with E-state index in [0.717, 1.165) is 34.4 Å². The molecule has 138 valence electrons. The molecule has 0 saturated heterocycles. The molecule has 0 atom stereocenters. The van der Waals surface area contributed by atoms with Gasteiger partial charge in [0.15, 0.2) is 0 Å². The molecule has 0 amide bonds. The van der Waals surface area contributed by atoms with Crippen LogP contribution in [0.1, 0.15) is 34.1 Å². The van der Waals surface area contributed by atoms with E-state index in [2.05, 4.69) is 9.97 Å². The maximum absolute atomic E-state index is 11.7. The van der Waals surface area contributed by atoms with E-state index >= 15 is 0 Å². The minimum atomic E-state index is -0.348. The second kappa shape index (κ2) is 7.86. The monoisotopic (exact) mass is 362 g/mol. The van der Waals surface area contributed by atoms with E-state index in [1.54, 1.807) is 6.07 Å². The lowest BCUT2D eigenvalue weighted by molar-refractivity contribution is 0.0601. The van der Waals surface area contributed by atoms with Crippen LogP contribution in [0.25, 0.3) is 11.1 Å². The molecule has 3 aromatic rings. The SMILES string of the molecule is CCc1nc(N)nc(N)c1Cc1ccc(-c2cccc(C(=O)OC)c2)cc1. The first-order valence-electron chi connectivity index (χ1n) is 8.70. The minimum Gasteiger partial charge on any atom is -0.465 e. The van der Waals surface area contributed by atoms with Gasteiger partial charge in [-0.05, 0) is 35.2 Å². The molecule has 0 fully saturated rings. The number of carbonyl (C=O) groups excluding carboxylic acids is 1. The van der Waals surface area contributed by atoms with E-state index in [0.29, 0.717) is 17.8 Å². The lowest BCUT2D eigenvalue weighted by Gasteiger charge is -2.11. The number of nitrogens with two attached hydrogens (primary N) is 2. The molecule has 4 N–H and O–H groups in total. The van der Waals surface area contributed by atoms with Crippen molar-refractivity contribution in [2.24, 2.45) is 0 Å². The fourth-order valence-electron chi connectivity index (χ4n) is 3.02. The van der Waals surface area contributed by atoms with Crippen LogP contribution in [0.4, 0.5) is 11.8 Å². The molecule has 0 spiro atoms. The van der Waals surface area contributed by atoms with Crippen molar-refractivity contribution in [3.05, 3.63) is 70.9 Å². The van der Waals surface area contributed by atoms with E-state index in [1.165, 1.54) is 7.11 Å². The predicted octanol–water partition coefficient (Wildman–Crippen LogP) is 3.25. The third kappa shape index (κ3) is 4.06. The van der Waals surface area contributed by atoms with E-state index in [-0.39, 0.29) is 11.9 Å². The Hall–Kier alpha value is -3.41. The van der Waals surface area contributed by atoms with Gasteiger partial charge in [-0.2, -0.15) is 4.98 Å². The van der Waals surface area contributed by atoms with Crippen molar-refractivity contribution >= 4 is 17.7 Å². The van der Waals surface area contributed by atoms with Crippen LogP contribution < -0.4 is 11.5 Å². The van der Waals surface area contributed by atoms with Gasteiger partial charge in [-0.15, -0.1) is 0 Å². The third-order valence-electron chi connectivity index (χ3n) is 4.43. The van der Waals surface area contributed by atoms with Crippen LogP contribution in [-0.2, 0) is 17.6 Å². The lowest BCUT2D eigenvalue weighted by atomic mass is 9.98. The Balaban J connectivity index is 1.86. The summed E-state index contributed by atoms with van der Waals surface area (Å²) < 4.78 is 4.78. The number of anilines is 2. The van der Waals surface area contributed by atoms with Gasteiger partial charge >= 0.3 is 5.97 Å². The standard InChI is InChI=1S/C21H22N4O2/c1-3-18-17(19(22)25-21(23)24-18)11-13-7-9-14(10-8-13)15-5-4-6-16(12-15)20(26)27-2/h4-10,12H,3,11H2,1-2H3,(H4,22,23,24,25). The van der Waals surface area contributed by atoms with E-state index in [4.69, 9.17) is 16.2 Å². The van der Waals surface area contributed by atoms with E-state index in [9.17, 15) is 4.79 Å². The number of esters is 1. The van der Waals surface area contributed by atoms with Crippen LogP contribution in [0.15, 0.2) is 48.5 Å². The maximum atomic E-state index is 11.7. The second-order valence-corrected chi connectivity index (χ2v) is 6.19. The van der Waals surface area contributed by atoms with Gasteiger partial charge in [-0.3, -0.25) is 0 Å². The summed E-state index contributed by atoms with van der Waals surface area (Å²) in [6, 6.07) is 15.5. The Bertz CT molecular complexity index is 968. The maximum Gasteiger partial charge on any atom is 0.337 e. The highest BCUT2D eigenvalue weighted by Gasteiger charge is 2.11. The molecule has 27 heavy (non-hydrogen) atoms. The second-order valence-electron chi connectivity index (χ2n) is 6.19. The van der Waals surface area contributed by atoms with Crippen LogP contribution in [0.3, 0.4) is 0 Å². The van der Waals surface area contributed by atoms with Crippen molar-refractivity contribution in [3.8, 4) is 11.1 Å². The Morgan fingerprint density at radius 3 is 2.44 bits per heavy atom. The Morgan fingerprint density at radius 1 is 1.04 bits per heavy atom. The average Bonchev–Trinajstić information content (AvgIpc) is 2.69. The number of aryl methyl sites for hydroxylation is 1. The normalized spacial score (nSPS) is 10.6. The van der Waals surface area contributed by atoms with Crippen molar-refractivity contribution in [2.45, 2.75) is 19.8 Å². The number of rotatable bonds is 5. The molecule has 0 aliphatic carbocycles. The van der Waals surface area contributed by atoms with Gasteiger partial charge in [0, 0.05) is 12.0 Å². The summed E-state index contributed by atoms with van der Waals surface area (Å²) in [6.45, 7) is 2.02. The zero-order chi connectivity index (χ0) is 19.4. The predicted molar refractivity (Wildman–Crippen MR) is 106 cm³/mol. The topological polar surface area (TPSA) is 104 Å². The van der Waals surface area contributed by atoms with Crippen LogP contribution >= 0.6 is 0 Å². The highest BCUT2D eigenvalue weighted by atomic mass is 16.5. The third-order valence-corrected chi connectivity index (χ3v) is 4.43. The van der Waals surface area contributed by atoms with Crippen LogP contribution in [-0.4, -0.2) is 23.0 Å². The Kier molecular flexibility index (Phi) is 5.35. The molecule has 1 heterocycles. The number of benzene rings is 2.